The molecule has 0 spiro atoms. The Bertz CT molecular complexity index is 1290. The largest absolute Gasteiger partial charge is 0.316 e. The second-order valence-electron chi connectivity index (χ2n) is 6.83. The first-order chi connectivity index (χ1) is 14.5. The van der Waals surface area contributed by atoms with Gasteiger partial charge >= 0.3 is 0 Å². The first-order valence-corrected chi connectivity index (χ1v) is 10.9. The van der Waals surface area contributed by atoms with E-state index < -0.39 is 0 Å². The number of allylic oxidation sites excluding steroid dienone is 1. The van der Waals surface area contributed by atoms with Gasteiger partial charge in [-0.25, -0.2) is 4.98 Å². The molecule has 4 rings (SSSR count). The lowest BCUT2D eigenvalue weighted by molar-refractivity contribution is 0.965. The average Bonchev–Trinajstić information content (AvgIpc) is 3.34. The number of benzene rings is 2. The molecule has 0 radical (unpaired) electrons. The third kappa shape index (κ3) is 3.93. The van der Waals surface area contributed by atoms with E-state index in [0.29, 0.717) is 20.6 Å². The summed E-state index contributed by atoms with van der Waals surface area (Å²) in [5.74, 6) is 0. The molecular formula is C24H17Cl2N3S. The fraction of sp³-hybridized carbons (Fsp3) is 0.0833. The van der Waals surface area contributed by atoms with Crippen LogP contribution in [0.1, 0.15) is 22.0 Å². The maximum absolute atomic E-state index is 9.79. The molecule has 148 valence electrons. The van der Waals surface area contributed by atoms with Crippen LogP contribution >= 0.6 is 34.5 Å². The number of nitriles is 1. The molecule has 6 heteroatoms. The van der Waals surface area contributed by atoms with Gasteiger partial charge in [-0.05, 0) is 49.8 Å². The molecule has 30 heavy (non-hydrogen) atoms. The first-order valence-electron chi connectivity index (χ1n) is 9.25. The highest BCUT2D eigenvalue weighted by atomic mass is 35.5. The van der Waals surface area contributed by atoms with E-state index >= 15 is 0 Å². The van der Waals surface area contributed by atoms with Crippen molar-refractivity contribution in [3.63, 3.8) is 0 Å². The van der Waals surface area contributed by atoms with Crippen LogP contribution in [0.4, 0.5) is 0 Å². The quantitative estimate of drug-likeness (QED) is 0.301. The third-order valence-corrected chi connectivity index (χ3v) is 6.27. The van der Waals surface area contributed by atoms with Crippen molar-refractivity contribution in [3.8, 4) is 23.0 Å². The summed E-state index contributed by atoms with van der Waals surface area (Å²) in [5, 5.41) is 13.7. The van der Waals surface area contributed by atoms with Crippen molar-refractivity contribution in [1.29, 1.82) is 5.26 Å². The molecule has 2 aromatic heterocycles. The molecule has 0 aliphatic heterocycles. The summed E-state index contributed by atoms with van der Waals surface area (Å²) in [5.41, 5.74) is 6.17. The van der Waals surface area contributed by atoms with E-state index in [9.17, 15) is 5.26 Å². The Balaban J connectivity index is 1.75. The molecule has 0 atom stereocenters. The van der Waals surface area contributed by atoms with Crippen LogP contribution in [-0.4, -0.2) is 9.55 Å². The minimum Gasteiger partial charge on any atom is -0.316 e. The van der Waals surface area contributed by atoms with Gasteiger partial charge in [0.1, 0.15) is 11.1 Å². The third-order valence-electron chi connectivity index (χ3n) is 4.84. The van der Waals surface area contributed by atoms with E-state index in [4.69, 9.17) is 23.2 Å². The molecule has 0 unspecified atom stereocenters. The van der Waals surface area contributed by atoms with Crippen molar-refractivity contribution in [2.45, 2.75) is 13.8 Å². The SMILES string of the molecule is Cc1cc(/C=C(\C#N)c2nc(-c3ccccc3)cs2)c(C)n1-c1cc(Cl)ccc1Cl. The standard InChI is InChI=1S/C24H17Cl2N3S/c1-15-10-18(16(2)29(15)23-12-20(25)8-9-21(23)26)11-19(13-27)24-28-22(14-30-24)17-6-4-3-5-7-17/h3-12,14H,1-2H3/b19-11+. The Morgan fingerprint density at radius 2 is 1.87 bits per heavy atom. The number of aryl methyl sites for hydroxylation is 1. The predicted molar refractivity (Wildman–Crippen MR) is 126 cm³/mol. The average molecular weight is 450 g/mol. The Morgan fingerprint density at radius 1 is 1.10 bits per heavy atom. The van der Waals surface area contributed by atoms with Crippen molar-refractivity contribution in [2.75, 3.05) is 0 Å². The molecule has 0 bridgehead atoms. The summed E-state index contributed by atoms with van der Waals surface area (Å²) in [7, 11) is 0. The lowest BCUT2D eigenvalue weighted by Gasteiger charge is -2.12. The number of nitrogens with zero attached hydrogens (tertiary/aromatic N) is 3. The highest BCUT2D eigenvalue weighted by Gasteiger charge is 2.15. The van der Waals surface area contributed by atoms with E-state index in [1.807, 2.05) is 72.3 Å². The van der Waals surface area contributed by atoms with Crippen molar-refractivity contribution in [1.82, 2.24) is 9.55 Å². The molecule has 0 saturated carbocycles. The number of thiazole rings is 1. The van der Waals surface area contributed by atoms with Crippen LogP contribution < -0.4 is 0 Å². The number of aromatic nitrogens is 2. The van der Waals surface area contributed by atoms with Gasteiger partial charge in [-0.15, -0.1) is 11.3 Å². The van der Waals surface area contributed by atoms with E-state index in [1.165, 1.54) is 11.3 Å². The van der Waals surface area contributed by atoms with Crippen LogP contribution in [0.25, 0.3) is 28.6 Å². The van der Waals surface area contributed by atoms with Gasteiger partial charge in [-0.2, -0.15) is 5.26 Å². The highest BCUT2D eigenvalue weighted by Crippen LogP contribution is 2.32. The van der Waals surface area contributed by atoms with Crippen LogP contribution in [0.5, 0.6) is 0 Å². The molecule has 0 saturated heterocycles. The smallest absolute Gasteiger partial charge is 0.134 e. The van der Waals surface area contributed by atoms with Crippen LogP contribution in [0.3, 0.4) is 0 Å². The summed E-state index contributed by atoms with van der Waals surface area (Å²) >= 11 is 14.1. The molecule has 0 amide bonds. The maximum atomic E-state index is 9.79. The molecule has 4 aromatic rings. The van der Waals surface area contributed by atoms with Gasteiger partial charge in [0.05, 0.1) is 22.0 Å². The summed E-state index contributed by atoms with van der Waals surface area (Å²) in [6, 6.07) is 19.7. The number of rotatable bonds is 4. The minimum absolute atomic E-state index is 0.527. The lowest BCUT2D eigenvalue weighted by atomic mass is 10.1. The molecule has 0 aliphatic carbocycles. The predicted octanol–water partition coefficient (Wildman–Crippen LogP) is 7.59. The number of halogens is 2. The zero-order valence-corrected chi connectivity index (χ0v) is 18.7. The van der Waals surface area contributed by atoms with Gasteiger partial charge < -0.3 is 4.57 Å². The monoisotopic (exact) mass is 449 g/mol. The van der Waals surface area contributed by atoms with Gasteiger partial charge in [0.25, 0.3) is 0 Å². The molecule has 0 N–H and O–H groups in total. The van der Waals surface area contributed by atoms with Crippen LogP contribution in [-0.2, 0) is 0 Å². The second-order valence-corrected chi connectivity index (χ2v) is 8.53. The van der Waals surface area contributed by atoms with E-state index in [-0.39, 0.29) is 0 Å². The fourth-order valence-corrected chi connectivity index (χ4v) is 4.56. The molecule has 3 nitrogen and oxygen atoms in total. The number of hydrogen-bond donors (Lipinski definition) is 0. The van der Waals surface area contributed by atoms with Gasteiger partial charge in [0.15, 0.2) is 0 Å². The summed E-state index contributed by atoms with van der Waals surface area (Å²) in [6.07, 6.45) is 1.88. The van der Waals surface area contributed by atoms with Crippen LogP contribution in [0.15, 0.2) is 60.0 Å². The summed E-state index contributed by atoms with van der Waals surface area (Å²) in [4.78, 5) is 4.67. The Kier molecular flexibility index (Phi) is 5.78. The Hall–Kier alpha value is -2.84. The van der Waals surface area contributed by atoms with E-state index in [1.54, 1.807) is 12.1 Å². The van der Waals surface area contributed by atoms with Crippen LogP contribution in [0.2, 0.25) is 10.0 Å². The van der Waals surface area contributed by atoms with E-state index in [0.717, 1.165) is 33.9 Å². The van der Waals surface area contributed by atoms with Gasteiger partial charge in [-0.3, -0.25) is 0 Å². The first kappa shape index (κ1) is 20.4. The normalized spacial score (nSPS) is 11.5. The lowest BCUT2D eigenvalue weighted by Crippen LogP contribution is -2.00. The van der Waals surface area contributed by atoms with Gasteiger partial charge in [-0.1, -0.05) is 53.5 Å². The Labute approximate surface area is 189 Å². The van der Waals surface area contributed by atoms with Gasteiger partial charge in [0, 0.05) is 27.4 Å². The van der Waals surface area contributed by atoms with E-state index in [2.05, 4.69) is 11.1 Å². The molecular weight excluding hydrogens is 433 g/mol. The molecule has 0 aliphatic rings. The maximum Gasteiger partial charge on any atom is 0.134 e. The molecule has 0 fully saturated rings. The summed E-state index contributed by atoms with van der Waals surface area (Å²) in [6.45, 7) is 4.01. The van der Waals surface area contributed by atoms with Crippen molar-refractivity contribution < 1.29 is 0 Å². The van der Waals surface area contributed by atoms with Gasteiger partial charge in [0.2, 0.25) is 0 Å². The zero-order valence-electron chi connectivity index (χ0n) is 16.4. The fourth-order valence-electron chi connectivity index (χ4n) is 3.40. The van der Waals surface area contributed by atoms with Crippen LogP contribution in [0, 0.1) is 25.2 Å². The van der Waals surface area contributed by atoms with Crippen molar-refractivity contribution in [3.05, 3.63) is 92.0 Å². The number of hydrogen-bond acceptors (Lipinski definition) is 3. The Morgan fingerprint density at radius 3 is 2.60 bits per heavy atom. The molecule has 2 aromatic carbocycles. The van der Waals surface area contributed by atoms with Crippen molar-refractivity contribution in [2.24, 2.45) is 0 Å². The topological polar surface area (TPSA) is 41.6 Å². The zero-order chi connectivity index (χ0) is 21.3. The summed E-state index contributed by atoms with van der Waals surface area (Å²) < 4.78 is 2.05. The second kappa shape index (κ2) is 8.49. The highest BCUT2D eigenvalue weighted by molar-refractivity contribution is 7.11. The molecule has 2 heterocycles. The minimum atomic E-state index is 0.527. The van der Waals surface area contributed by atoms with Crippen molar-refractivity contribution >= 4 is 46.2 Å².